The molecule has 2 amide bonds. The number of methoxy groups -OCH3 is 1. The van der Waals surface area contributed by atoms with Crippen molar-refractivity contribution in [3.8, 4) is 0 Å². The minimum Gasteiger partial charge on any atom is -0.383 e. The van der Waals surface area contributed by atoms with E-state index in [-0.39, 0.29) is 6.03 Å². The van der Waals surface area contributed by atoms with Crippen LogP contribution in [0, 0.1) is 0 Å². The molecule has 1 aromatic rings. The van der Waals surface area contributed by atoms with Gasteiger partial charge >= 0.3 is 6.03 Å². The molecule has 0 radical (unpaired) electrons. The number of anilines is 1. The van der Waals surface area contributed by atoms with Crippen molar-refractivity contribution in [2.75, 3.05) is 38.7 Å². The molecule has 1 saturated heterocycles. The maximum atomic E-state index is 12.4. The maximum absolute atomic E-state index is 12.4. The van der Waals surface area contributed by atoms with Crippen LogP contribution in [-0.2, 0) is 4.74 Å². The van der Waals surface area contributed by atoms with E-state index in [2.05, 4.69) is 24.1 Å². The Kier molecular flexibility index (Phi) is 6.06. The molecule has 122 valence electrons. The summed E-state index contributed by atoms with van der Waals surface area (Å²) in [5.74, 6) is 0. The Labute approximate surface area is 137 Å². The van der Waals surface area contributed by atoms with Crippen molar-refractivity contribution < 1.29 is 9.53 Å². The Balaban J connectivity index is 1.93. The Morgan fingerprint density at radius 3 is 2.41 bits per heavy atom. The number of nitrogens with zero attached hydrogens (tertiary/aromatic N) is 2. The van der Waals surface area contributed by atoms with Gasteiger partial charge in [-0.3, -0.25) is 4.90 Å². The number of halogens is 1. The average Bonchev–Trinajstić information content (AvgIpc) is 2.48. The monoisotopic (exact) mass is 325 g/mol. The Morgan fingerprint density at radius 2 is 1.86 bits per heavy atom. The number of amides is 2. The van der Waals surface area contributed by atoms with Gasteiger partial charge < -0.3 is 15.0 Å². The summed E-state index contributed by atoms with van der Waals surface area (Å²) in [6, 6.07) is 7.72. The lowest BCUT2D eigenvalue weighted by molar-refractivity contribution is 0.0373. The molecule has 0 saturated carbocycles. The van der Waals surface area contributed by atoms with Gasteiger partial charge in [0.1, 0.15) is 0 Å². The van der Waals surface area contributed by atoms with Gasteiger partial charge in [-0.1, -0.05) is 11.6 Å². The van der Waals surface area contributed by atoms with Gasteiger partial charge in [0.25, 0.3) is 0 Å². The number of carbonyl (C=O) groups is 1. The molecule has 0 spiro atoms. The lowest BCUT2D eigenvalue weighted by Gasteiger charge is -2.44. The number of ether oxygens (including phenoxy) is 1. The molecule has 1 fully saturated rings. The summed E-state index contributed by atoms with van der Waals surface area (Å²) in [5, 5.41) is 3.58. The van der Waals surface area contributed by atoms with Crippen molar-refractivity contribution in [1.29, 1.82) is 0 Å². The molecule has 2 rings (SSSR count). The van der Waals surface area contributed by atoms with Gasteiger partial charge in [-0.05, 0) is 38.1 Å². The summed E-state index contributed by atoms with van der Waals surface area (Å²) in [6.07, 6.45) is 0. The Hall–Kier alpha value is -1.30. The van der Waals surface area contributed by atoms with Crippen molar-refractivity contribution in [2.45, 2.75) is 25.9 Å². The van der Waals surface area contributed by atoms with E-state index in [1.807, 2.05) is 17.0 Å². The molecule has 22 heavy (non-hydrogen) atoms. The number of rotatable bonds is 4. The highest BCUT2D eigenvalue weighted by molar-refractivity contribution is 6.30. The molecule has 0 aliphatic carbocycles. The van der Waals surface area contributed by atoms with Gasteiger partial charge in [0.05, 0.1) is 6.61 Å². The summed E-state index contributed by atoms with van der Waals surface area (Å²) >= 11 is 5.85. The smallest absolute Gasteiger partial charge is 0.321 e. The van der Waals surface area contributed by atoms with Crippen LogP contribution in [-0.4, -0.2) is 61.3 Å². The third kappa shape index (κ3) is 4.35. The van der Waals surface area contributed by atoms with E-state index in [0.717, 1.165) is 12.2 Å². The molecule has 1 aliphatic heterocycles. The van der Waals surface area contributed by atoms with Crippen LogP contribution in [0.25, 0.3) is 0 Å². The number of benzene rings is 1. The van der Waals surface area contributed by atoms with Gasteiger partial charge in [-0.25, -0.2) is 4.79 Å². The third-order valence-corrected chi connectivity index (χ3v) is 4.29. The molecule has 2 unspecified atom stereocenters. The highest BCUT2D eigenvalue weighted by Crippen LogP contribution is 2.18. The number of carbonyl (C=O) groups excluding carboxylic acids is 1. The summed E-state index contributed by atoms with van der Waals surface area (Å²) in [7, 11) is 1.71. The molecule has 0 aromatic heterocycles. The maximum Gasteiger partial charge on any atom is 0.321 e. The molecule has 1 aromatic carbocycles. The number of hydrogen-bond acceptors (Lipinski definition) is 3. The van der Waals surface area contributed by atoms with Crippen LogP contribution in [0.1, 0.15) is 13.8 Å². The van der Waals surface area contributed by atoms with Crippen molar-refractivity contribution in [1.82, 2.24) is 9.80 Å². The second kappa shape index (κ2) is 7.81. The van der Waals surface area contributed by atoms with Crippen LogP contribution in [0.5, 0.6) is 0 Å². The van der Waals surface area contributed by atoms with Gasteiger partial charge in [0, 0.05) is 49.5 Å². The fourth-order valence-electron chi connectivity index (χ4n) is 2.90. The highest BCUT2D eigenvalue weighted by atomic mass is 35.5. The lowest BCUT2D eigenvalue weighted by Crippen LogP contribution is -2.59. The van der Waals surface area contributed by atoms with E-state index < -0.39 is 0 Å². The molecule has 0 bridgehead atoms. The van der Waals surface area contributed by atoms with Gasteiger partial charge in [-0.2, -0.15) is 0 Å². The first-order valence-corrected chi connectivity index (χ1v) is 7.95. The topological polar surface area (TPSA) is 44.8 Å². The van der Waals surface area contributed by atoms with Crippen LogP contribution < -0.4 is 5.32 Å². The van der Waals surface area contributed by atoms with Gasteiger partial charge in [-0.15, -0.1) is 0 Å². The van der Waals surface area contributed by atoms with E-state index in [9.17, 15) is 4.79 Å². The molecule has 1 heterocycles. The average molecular weight is 326 g/mol. The van der Waals surface area contributed by atoms with E-state index in [1.165, 1.54) is 0 Å². The van der Waals surface area contributed by atoms with Crippen LogP contribution in [0.4, 0.5) is 10.5 Å². The first kappa shape index (κ1) is 17.1. The first-order chi connectivity index (χ1) is 10.5. The SMILES string of the molecule is COCCN1C(C)CN(C(=O)Nc2ccc(Cl)cc2)CC1C. The fourth-order valence-corrected chi connectivity index (χ4v) is 3.02. The zero-order valence-corrected chi connectivity index (χ0v) is 14.1. The number of piperazine rings is 1. The summed E-state index contributed by atoms with van der Waals surface area (Å²) < 4.78 is 5.16. The van der Waals surface area contributed by atoms with E-state index in [0.29, 0.717) is 36.8 Å². The van der Waals surface area contributed by atoms with Gasteiger partial charge in [0.15, 0.2) is 0 Å². The molecular formula is C16H24ClN3O2. The van der Waals surface area contributed by atoms with Crippen molar-refractivity contribution in [2.24, 2.45) is 0 Å². The van der Waals surface area contributed by atoms with E-state index in [1.54, 1.807) is 19.2 Å². The van der Waals surface area contributed by atoms with Crippen LogP contribution in [0.3, 0.4) is 0 Å². The van der Waals surface area contributed by atoms with E-state index in [4.69, 9.17) is 16.3 Å². The minimum atomic E-state index is -0.0626. The van der Waals surface area contributed by atoms with Crippen molar-refractivity contribution in [3.05, 3.63) is 29.3 Å². The number of urea groups is 1. The summed E-state index contributed by atoms with van der Waals surface area (Å²) in [6.45, 7) is 7.33. The summed E-state index contributed by atoms with van der Waals surface area (Å²) in [5.41, 5.74) is 0.761. The first-order valence-electron chi connectivity index (χ1n) is 7.57. The van der Waals surface area contributed by atoms with Gasteiger partial charge in [0.2, 0.25) is 0 Å². The van der Waals surface area contributed by atoms with E-state index >= 15 is 0 Å². The van der Waals surface area contributed by atoms with Crippen LogP contribution in [0.2, 0.25) is 5.02 Å². The predicted molar refractivity (Wildman–Crippen MR) is 89.5 cm³/mol. The zero-order valence-electron chi connectivity index (χ0n) is 13.4. The number of nitrogens with one attached hydrogen (secondary N) is 1. The predicted octanol–water partition coefficient (Wildman–Crippen LogP) is 2.91. The molecule has 6 heteroatoms. The molecular weight excluding hydrogens is 302 g/mol. The van der Waals surface area contributed by atoms with Crippen LogP contribution in [0.15, 0.2) is 24.3 Å². The zero-order chi connectivity index (χ0) is 16.1. The van der Waals surface area contributed by atoms with Crippen LogP contribution >= 0.6 is 11.6 Å². The second-order valence-electron chi connectivity index (χ2n) is 5.77. The molecule has 1 aliphatic rings. The summed E-state index contributed by atoms with van der Waals surface area (Å²) in [4.78, 5) is 16.7. The standard InChI is InChI=1S/C16H24ClN3O2/c1-12-10-19(11-13(2)20(12)8-9-22-3)16(21)18-15-6-4-14(17)5-7-15/h4-7,12-13H,8-11H2,1-3H3,(H,18,21). The highest BCUT2D eigenvalue weighted by Gasteiger charge is 2.31. The molecule has 2 atom stereocenters. The Bertz CT molecular complexity index is 483. The normalized spacial score (nSPS) is 22.6. The molecule has 5 nitrogen and oxygen atoms in total. The third-order valence-electron chi connectivity index (χ3n) is 4.04. The van der Waals surface area contributed by atoms with Crippen molar-refractivity contribution in [3.63, 3.8) is 0 Å². The van der Waals surface area contributed by atoms with Crippen molar-refractivity contribution >= 4 is 23.3 Å². The second-order valence-corrected chi connectivity index (χ2v) is 6.21. The minimum absolute atomic E-state index is 0.0626. The quantitative estimate of drug-likeness (QED) is 0.925. The lowest BCUT2D eigenvalue weighted by atomic mass is 10.1. The number of hydrogen-bond donors (Lipinski definition) is 1. The fraction of sp³-hybridized carbons (Fsp3) is 0.562. The largest absolute Gasteiger partial charge is 0.383 e. The Morgan fingerprint density at radius 1 is 1.27 bits per heavy atom. The molecule has 1 N–H and O–H groups in total.